The van der Waals surface area contributed by atoms with Crippen LogP contribution < -0.4 is 10.1 Å². The third-order valence-corrected chi connectivity index (χ3v) is 2.75. The number of urea groups is 1. The molecule has 0 fully saturated rings. The molecule has 0 aliphatic carbocycles. The first-order valence-electron chi connectivity index (χ1n) is 6.29. The zero-order valence-corrected chi connectivity index (χ0v) is 12.4. The van der Waals surface area contributed by atoms with Gasteiger partial charge in [0.1, 0.15) is 6.54 Å². The minimum absolute atomic E-state index is 0.00616. The van der Waals surface area contributed by atoms with Gasteiger partial charge in [0, 0.05) is 17.3 Å². The molecule has 0 saturated carbocycles. The molecular weight excluding hydrogens is 279 g/mol. The summed E-state index contributed by atoms with van der Waals surface area (Å²) in [4.78, 5) is 24.2. The maximum atomic E-state index is 13.3. The van der Waals surface area contributed by atoms with Gasteiger partial charge < -0.3 is 20.1 Å². The number of anilines is 1. The van der Waals surface area contributed by atoms with Crippen LogP contribution >= 0.6 is 0 Å². The number of rotatable bonds is 4. The highest BCUT2D eigenvalue weighted by molar-refractivity contribution is 5.92. The molecule has 7 heteroatoms. The van der Waals surface area contributed by atoms with Crippen LogP contribution in [0.5, 0.6) is 5.75 Å². The van der Waals surface area contributed by atoms with Gasteiger partial charge in [0.2, 0.25) is 0 Å². The fraction of sp³-hybridized carbons (Fsp3) is 0.429. The van der Waals surface area contributed by atoms with E-state index in [4.69, 9.17) is 9.84 Å². The van der Waals surface area contributed by atoms with Crippen molar-refractivity contribution in [2.24, 2.45) is 0 Å². The van der Waals surface area contributed by atoms with E-state index < -0.39 is 29.9 Å². The third-order valence-electron chi connectivity index (χ3n) is 2.75. The second-order valence-corrected chi connectivity index (χ2v) is 5.43. The molecule has 0 aromatic heterocycles. The van der Waals surface area contributed by atoms with E-state index in [1.807, 2.05) is 0 Å². The molecule has 2 N–H and O–H groups in total. The van der Waals surface area contributed by atoms with Crippen molar-refractivity contribution in [2.75, 3.05) is 19.0 Å². The Bertz CT molecular complexity index is 540. The summed E-state index contributed by atoms with van der Waals surface area (Å²) >= 11 is 0. The lowest BCUT2D eigenvalue weighted by molar-refractivity contribution is -0.138. The summed E-state index contributed by atoms with van der Waals surface area (Å²) < 4.78 is 18.1. The first-order valence-corrected chi connectivity index (χ1v) is 6.29. The van der Waals surface area contributed by atoms with Crippen molar-refractivity contribution in [3.8, 4) is 5.75 Å². The van der Waals surface area contributed by atoms with Gasteiger partial charge in [0.05, 0.1) is 7.11 Å². The molecule has 1 rings (SSSR count). The predicted molar refractivity (Wildman–Crippen MR) is 76.1 cm³/mol. The van der Waals surface area contributed by atoms with Crippen molar-refractivity contribution in [2.45, 2.75) is 26.3 Å². The molecule has 0 aliphatic heterocycles. The number of carbonyl (C=O) groups is 2. The fourth-order valence-corrected chi connectivity index (χ4v) is 1.68. The average Bonchev–Trinajstić information content (AvgIpc) is 2.36. The van der Waals surface area contributed by atoms with E-state index in [1.165, 1.54) is 24.1 Å². The molecule has 6 nitrogen and oxygen atoms in total. The van der Waals surface area contributed by atoms with Crippen LogP contribution in [0.15, 0.2) is 18.2 Å². The standard InChI is InChI=1S/C14H19FN2O4/c1-14(2,3)17(8-12(18)19)13(20)16-9-5-6-10(15)11(7-9)21-4/h5-7H,8H2,1-4H3,(H,16,20)(H,18,19). The molecule has 21 heavy (non-hydrogen) atoms. The highest BCUT2D eigenvalue weighted by Crippen LogP contribution is 2.22. The minimum atomic E-state index is -1.11. The average molecular weight is 298 g/mol. The van der Waals surface area contributed by atoms with Crippen molar-refractivity contribution in [3.05, 3.63) is 24.0 Å². The monoisotopic (exact) mass is 298 g/mol. The Morgan fingerprint density at radius 3 is 2.48 bits per heavy atom. The van der Waals surface area contributed by atoms with E-state index in [-0.39, 0.29) is 5.75 Å². The molecule has 0 unspecified atom stereocenters. The molecule has 0 saturated heterocycles. The lowest BCUT2D eigenvalue weighted by Gasteiger charge is -2.34. The number of hydrogen-bond acceptors (Lipinski definition) is 3. The van der Waals surface area contributed by atoms with Crippen LogP contribution in [-0.2, 0) is 4.79 Å². The van der Waals surface area contributed by atoms with Gasteiger partial charge in [0.15, 0.2) is 11.6 Å². The highest BCUT2D eigenvalue weighted by atomic mass is 19.1. The van der Waals surface area contributed by atoms with Crippen molar-refractivity contribution in [1.29, 1.82) is 0 Å². The van der Waals surface area contributed by atoms with Crippen molar-refractivity contribution >= 4 is 17.7 Å². The Hall–Kier alpha value is -2.31. The first kappa shape index (κ1) is 16.7. The number of ether oxygens (including phenoxy) is 1. The number of carbonyl (C=O) groups excluding carboxylic acids is 1. The van der Waals surface area contributed by atoms with Crippen LogP contribution in [0.4, 0.5) is 14.9 Å². The molecular formula is C14H19FN2O4. The maximum Gasteiger partial charge on any atom is 0.323 e. The molecule has 0 bridgehead atoms. The van der Waals surface area contributed by atoms with Gasteiger partial charge in [-0.05, 0) is 32.9 Å². The Morgan fingerprint density at radius 2 is 2.00 bits per heavy atom. The summed E-state index contributed by atoms with van der Waals surface area (Å²) in [5.74, 6) is -1.67. The van der Waals surface area contributed by atoms with Crippen molar-refractivity contribution in [1.82, 2.24) is 4.90 Å². The molecule has 0 radical (unpaired) electrons. The summed E-state index contributed by atoms with van der Waals surface area (Å²) in [6.45, 7) is 4.73. The third kappa shape index (κ3) is 4.62. The minimum Gasteiger partial charge on any atom is -0.494 e. The van der Waals surface area contributed by atoms with Crippen LogP contribution in [0.25, 0.3) is 0 Å². The van der Waals surface area contributed by atoms with Gasteiger partial charge in [-0.3, -0.25) is 4.79 Å². The molecule has 0 spiro atoms. The molecule has 1 aromatic carbocycles. The number of carboxylic acid groups (broad SMARTS) is 1. The van der Waals surface area contributed by atoms with Crippen molar-refractivity contribution < 1.29 is 23.8 Å². The molecule has 1 aromatic rings. The van der Waals surface area contributed by atoms with Gasteiger partial charge >= 0.3 is 12.0 Å². The number of nitrogens with one attached hydrogen (secondary N) is 1. The van der Waals surface area contributed by atoms with Crippen LogP contribution in [0, 0.1) is 5.82 Å². The number of carboxylic acids is 1. The van der Waals surface area contributed by atoms with Crippen LogP contribution in [0.3, 0.4) is 0 Å². The van der Waals surface area contributed by atoms with Crippen LogP contribution in [-0.4, -0.2) is 41.2 Å². The number of amides is 2. The lowest BCUT2D eigenvalue weighted by atomic mass is 10.1. The number of methoxy groups -OCH3 is 1. The first-order chi connectivity index (χ1) is 9.65. The topological polar surface area (TPSA) is 78.9 Å². The fourth-order valence-electron chi connectivity index (χ4n) is 1.68. The lowest BCUT2D eigenvalue weighted by Crippen LogP contribution is -2.50. The second-order valence-electron chi connectivity index (χ2n) is 5.43. The van der Waals surface area contributed by atoms with Crippen LogP contribution in [0.1, 0.15) is 20.8 Å². The highest BCUT2D eigenvalue weighted by Gasteiger charge is 2.28. The Kier molecular flexibility index (Phi) is 5.12. The number of aliphatic carboxylic acids is 1. The van der Waals surface area contributed by atoms with E-state index in [1.54, 1.807) is 20.8 Å². The summed E-state index contributed by atoms with van der Waals surface area (Å²) in [5, 5.41) is 11.4. The van der Waals surface area contributed by atoms with Gasteiger partial charge in [-0.15, -0.1) is 0 Å². The van der Waals surface area contributed by atoms with E-state index in [0.29, 0.717) is 5.69 Å². The van der Waals surface area contributed by atoms with Crippen molar-refractivity contribution in [3.63, 3.8) is 0 Å². The molecule has 2 amide bonds. The normalized spacial score (nSPS) is 10.9. The Morgan fingerprint density at radius 1 is 1.38 bits per heavy atom. The summed E-state index contributed by atoms with van der Waals surface area (Å²) in [6, 6.07) is 3.28. The Labute approximate surface area is 122 Å². The van der Waals surface area contributed by atoms with Crippen LogP contribution in [0.2, 0.25) is 0 Å². The van der Waals surface area contributed by atoms with Gasteiger partial charge in [-0.1, -0.05) is 0 Å². The Balaban J connectivity index is 2.94. The SMILES string of the molecule is COc1cc(NC(=O)N(CC(=O)O)C(C)(C)C)ccc1F. The zero-order valence-electron chi connectivity index (χ0n) is 12.4. The summed E-state index contributed by atoms with van der Waals surface area (Å²) in [5.41, 5.74) is -0.357. The van der Waals surface area contributed by atoms with E-state index in [2.05, 4.69) is 5.32 Å². The van der Waals surface area contributed by atoms with E-state index in [0.717, 1.165) is 6.07 Å². The number of benzene rings is 1. The largest absolute Gasteiger partial charge is 0.494 e. The number of halogens is 1. The van der Waals surface area contributed by atoms with Gasteiger partial charge in [-0.25, -0.2) is 9.18 Å². The zero-order chi connectivity index (χ0) is 16.2. The van der Waals surface area contributed by atoms with Gasteiger partial charge in [0.25, 0.3) is 0 Å². The summed E-state index contributed by atoms with van der Waals surface area (Å²) in [7, 11) is 1.32. The smallest absolute Gasteiger partial charge is 0.323 e. The van der Waals surface area contributed by atoms with Gasteiger partial charge in [-0.2, -0.15) is 0 Å². The molecule has 116 valence electrons. The summed E-state index contributed by atoms with van der Waals surface area (Å²) in [6.07, 6.45) is 0. The quantitative estimate of drug-likeness (QED) is 0.895. The molecule has 0 atom stereocenters. The number of hydrogen-bond donors (Lipinski definition) is 2. The second kappa shape index (κ2) is 6.43. The molecule has 0 aliphatic rings. The van der Waals surface area contributed by atoms with E-state index >= 15 is 0 Å². The molecule has 0 heterocycles. The number of nitrogens with zero attached hydrogens (tertiary/aromatic N) is 1. The predicted octanol–water partition coefficient (Wildman–Crippen LogP) is 2.55. The maximum absolute atomic E-state index is 13.3. The van der Waals surface area contributed by atoms with E-state index in [9.17, 15) is 14.0 Å².